The molecule has 1 aliphatic heterocycles. The number of fused-ring (bicyclic) bond motifs is 6. The Kier molecular flexibility index (Phi) is 3.63. The zero-order valence-corrected chi connectivity index (χ0v) is 16.4. The Morgan fingerprint density at radius 3 is 1.46 bits per heavy atom. The molecule has 0 spiro atoms. The first-order valence-electron chi connectivity index (χ1n) is 7.59. The van der Waals surface area contributed by atoms with Gasteiger partial charge in [0, 0.05) is 35.9 Å². The van der Waals surface area contributed by atoms with Gasteiger partial charge in [0.25, 0.3) is 0 Å². The molecule has 0 saturated carbocycles. The summed E-state index contributed by atoms with van der Waals surface area (Å²) >= 11 is 0. The summed E-state index contributed by atoms with van der Waals surface area (Å²) in [5, 5.41) is 5.39. The van der Waals surface area contributed by atoms with Gasteiger partial charge in [-0.3, -0.25) is 0 Å². The molecule has 0 aliphatic carbocycles. The Hall–Kier alpha value is -1.08. The third-order valence-electron chi connectivity index (χ3n) is 4.43. The van der Waals surface area contributed by atoms with Gasteiger partial charge in [0.15, 0.2) is 0 Å². The molecule has 2 aromatic heterocycles. The largest absolute Gasteiger partial charge is 0.337 e. The molecular formula is C18H14N2S4. The minimum absolute atomic E-state index is 1.31. The summed E-state index contributed by atoms with van der Waals surface area (Å²) in [5.41, 5.74) is 2.61. The van der Waals surface area contributed by atoms with Crippen molar-refractivity contribution < 1.29 is 0 Å². The monoisotopic (exact) mass is 386 g/mol. The first-order chi connectivity index (χ1) is 11.8. The molecular weight excluding hydrogens is 372 g/mol. The Morgan fingerprint density at radius 2 is 1.00 bits per heavy atom. The van der Waals surface area contributed by atoms with E-state index in [-0.39, 0.29) is 0 Å². The van der Waals surface area contributed by atoms with Gasteiger partial charge in [-0.25, -0.2) is 0 Å². The summed E-state index contributed by atoms with van der Waals surface area (Å²) in [7, 11) is 11.9. The number of rotatable bonds is 0. The van der Waals surface area contributed by atoms with Gasteiger partial charge in [0.05, 0.1) is 9.79 Å². The SMILES string of the molecule is Cn1c2c(c3ccccc31)SSc1c(n(C)c3ccccc13)SS2. The highest BCUT2D eigenvalue weighted by atomic mass is 33.1. The number of hydrogen-bond acceptors (Lipinski definition) is 4. The molecule has 2 nitrogen and oxygen atoms in total. The van der Waals surface area contributed by atoms with Crippen LogP contribution in [0.5, 0.6) is 0 Å². The normalized spacial score (nSPS) is 14.4. The molecule has 5 rings (SSSR count). The molecule has 0 saturated heterocycles. The van der Waals surface area contributed by atoms with Crippen molar-refractivity contribution in [3.8, 4) is 0 Å². The Labute approximate surface area is 156 Å². The van der Waals surface area contributed by atoms with E-state index >= 15 is 0 Å². The van der Waals surface area contributed by atoms with Crippen LogP contribution >= 0.6 is 43.2 Å². The Bertz CT molecular complexity index is 1010. The van der Waals surface area contributed by atoms with Crippen molar-refractivity contribution in [1.82, 2.24) is 9.13 Å². The quantitative estimate of drug-likeness (QED) is 0.316. The van der Waals surface area contributed by atoms with Crippen molar-refractivity contribution in [2.45, 2.75) is 19.8 Å². The lowest BCUT2D eigenvalue weighted by atomic mass is 10.2. The third-order valence-corrected chi connectivity index (χ3v) is 9.73. The molecule has 24 heavy (non-hydrogen) atoms. The maximum absolute atomic E-state index is 2.32. The second kappa shape index (κ2) is 5.73. The summed E-state index contributed by atoms with van der Waals surface area (Å²) in [5.74, 6) is 0. The highest BCUT2D eigenvalue weighted by Gasteiger charge is 2.24. The van der Waals surface area contributed by atoms with E-state index in [1.54, 1.807) is 0 Å². The number of hydrogen-bond donors (Lipinski definition) is 0. The van der Waals surface area contributed by atoms with Crippen LogP contribution in [0.25, 0.3) is 21.8 Å². The maximum Gasteiger partial charge on any atom is 0.101 e. The first-order valence-corrected chi connectivity index (χ1v) is 11.9. The van der Waals surface area contributed by atoms with Crippen molar-refractivity contribution in [2.75, 3.05) is 0 Å². The molecule has 3 heterocycles. The lowest BCUT2D eigenvalue weighted by molar-refractivity contribution is 0.834. The van der Waals surface area contributed by atoms with Crippen LogP contribution in [-0.2, 0) is 14.1 Å². The average molecular weight is 387 g/mol. The van der Waals surface area contributed by atoms with E-state index in [4.69, 9.17) is 0 Å². The van der Waals surface area contributed by atoms with Gasteiger partial charge in [-0.05, 0) is 55.3 Å². The van der Waals surface area contributed by atoms with Gasteiger partial charge >= 0.3 is 0 Å². The number of para-hydroxylation sites is 2. The van der Waals surface area contributed by atoms with E-state index in [2.05, 4.69) is 71.8 Å². The lowest BCUT2D eigenvalue weighted by Gasteiger charge is -2.12. The summed E-state index contributed by atoms with van der Waals surface area (Å²) in [6.07, 6.45) is 0. The zero-order valence-electron chi connectivity index (χ0n) is 13.1. The molecule has 0 bridgehead atoms. The number of nitrogens with zero attached hydrogens (tertiary/aromatic N) is 2. The zero-order chi connectivity index (χ0) is 16.3. The van der Waals surface area contributed by atoms with Crippen LogP contribution in [-0.4, -0.2) is 9.13 Å². The van der Waals surface area contributed by atoms with Crippen LogP contribution in [0.4, 0.5) is 0 Å². The molecule has 4 aromatic rings. The van der Waals surface area contributed by atoms with Gasteiger partial charge in [-0.1, -0.05) is 36.4 Å². The predicted octanol–water partition coefficient (Wildman–Crippen LogP) is 6.58. The highest BCUT2D eigenvalue weighted by Crippen LogP contribution is 2.57. The summed E-state index contributed by atoms with van der Waals surface area (Å²) in [6.45, 7) is 0. The fourth-order valence-corrected chi connectivity index (χ4v) is 9.53. The van der Waals surface area contributed by atoms with Crippen molar-refractivity contribution in [3.05, 3.63) is 48.5 Å². The van der Waals surface area contributed by atoms with E-state index in [1.807, 2.05) is 43.2 Å². The van der Waals surface area contributed by atoms with Crippen molar-refractivity contribution in [3.63, 3.8) is 0 Å². The molecule has 0 amide bonds. The molecule has 0 radical (unpaired) electrons. The fraction of sp³-hybridized carbons (Fsp3) is 0.111. The van der Waals surface area contributed by atoms with Gasteiger partial charge in [-0.2, -0.15) is 0 Å². The Balaban J connectivity index is 1.71. The molecule has 0 atom stereocenters. The van der Waals surface area contributed by atoms with Crippen LogP contribution in [0, 0.1) is 0 Å². The molecule has 0 N–H and O–H groups in total. The number of benzene rings is 2. The topological polar surface area (TPSA) is 9.86 Å². The van der Waals surface area contributed by atoms with E-state index in [9.17, 15) is 0 Å². The van der Waals surface area contributed by atoms with Crippen LogP contribution in [0.3, 0.4) is 0 Å². The van der Waals surface area contributed by atoms with Gasteiger partial charge in [-0.15, -0.1) is 0 Å². The minimum Gasteiger partial charge on any atom is -0.337 e. The minimum atomic E-state index is 1.31. The van der Waals surface area contributed by atoms with Crippen molar-refractivity contribution in [1.29, 1.82) is 0 Å². The molecule has 6 heteroatoms. The summed E-state index contributed by atoms with van der Waals surface area (Å²) < 4.78 is 4.65. The van der Waals surface area contributed by atoms with Crippen molar-refractivity contribution in [2.24, 2.45) is 14.1 Å². The number of aryl methyl sites for hydroxylation is 2. The molecule has 0 unspecified atom stereocenters. The predicted molar refractivity (Wildman–Crippen MR) is 109 cm³/mol. The fourth-order valence-electron chi connectivity index (χ4n) is 3.18. The van der Waals surface area contributed by atoms with Crippen molar-refractivity contribution >= 4 is 65.0 Å². The first kappa shape index (κ1) is 15.2. The van der Waals surface area contributed by atoms with E-state index < -0.39 is 0 Å². The highest BCUT2D eigenvalue weighted by molar-refractivity contribution is 8.79. The van der Waals surface area contributed by atoms with Crippen LogP contribution < -0.4 is 0 Å². The maximum atomic E-state index is 2.32. The molecule has 1 aliphatic rings. The molecule has 120 valence electrons. The van der Waals surface area contributed by atoms with Gasteiger partial charge in [0.2, 0.25) is 0 Å². The molecule has 0 fully saturated rings. The second-order valence-corrected chi connectivity index (χ2v) is 10.0. The van der Waals surface area contributed by atoms with Gasteiger partial charge in [0.1, 0.15) is 10.1 Å². The van der Waals surface area contributed by atoms with E-state index in [0.29, 0.717) is 0 Å². The third kappa shape index (κ3) is 2.10. The summed E-state index contributed by atoms with van der Waals surface area (Å²) in [6, 6.07) is 17.4. The van der Waals surface area contributed by atoms with E-state index in [1.165, 1.54) is 41.6 Å². The lowest BCUT2D eigenvalue weighted by Crippen LogP contribution is -1.91. The number of aromatic nitrogens is 2. The van der Waals surface area contributed by atoms with Crippen LogP contribution in [0.15, 0.2) is 68.4 Å². The second-order valence-electron chi connectivity index (χ2n) is 5.75. The smallest absolute Gasteiger partial charge is 0.101 e. The standard InChI is InChI=1S/C18H14N2S4/c1-19-13-9-5-3-7-11(13)15-17(19)23-24-18-16(22-21-15)12-8-4-6-10-14(12)20(18)2/h3-10H,1-2H3. The Morgan fingerprint density at radius 1 is 0.583 bits per heavy atom. The summed E-state index contributed by atoms with van der Waals surface area (Å²) in [4.78, 5) is 2.77. The van der Waals surface area contributed by atoms with Crippen LogP contribution in [0.1, 0.15) is 0 Å². The molecule has 2 aromatic carbocycles. The van der Waals surface area contributed by atoms with Gasteiger partial charge < -0.3 is 9.13 Å². The van der Waals surface area contributed by atoms with Crippen LogP contribution in [0.2, 0.25) is 0 Å². The average Bonchev–Trinajstić information content (AvgIpc) is 3.01. The van der Waals surface area contributed by atoms with E-state index in [0.717, 1.165) is 0 Å².